The van der Waals surface area contributed by atoms with Crippen molar-refractivity contribution in [1.29, 1.82) is 0 Å². The minimum absolute atomic E-state index is 0.0951. The molecule has 1 aromatic heterocycles. The van der Waals surface area contributed by atoms with Crippen LogP contribution < -0.4 is 0 Å². The van der Waals surface area contributed by atoms with Crippen LogP contribution in [-0.4, -0.2) is 60.1 Å². The lowest BCUT2D eigenvalue weighted by Crippen LogP contribution is -2.39. The number of aromatic nitrogens is 1. The van der Waals surface area contributed by atoms with E-state index in [1.807, 2.05) is 11.8 Å². The summed E-state index contributed by atoms with van der Waals surface area (Å²) in [7, 11) is 0. The highest BCUT2D eigenvalue weighted by Crippen LogP contribution is 2.18. The first-order valence-corrected chi connectivity index (χ1v) is 8.60. The molecular weight excluding hydrogens is 286 g/mol. The summed E-state index contributed by atoms with van der Waals surface area (Å²) >= 11 is 1.70. The topological polar surface area (TPSA) is 45.7 Å². The van der Waals surface area contributed by atoms with E-state index in [0.29, 0.717) is 12.5 Å². The lowest BCUT2D eigenvalue weighted by Gasteiger charge is -2.23. The number of nitrogens with zero attached hydrogens (tertiary/aromatic N) is 3. The van der Waals surface area contributed by atoms with E-state index in [0.717, 1.165) is 62.9 Å². The molecule has 6 heteroatoms. The Morgan fingerprint density at radius 1 is 1.43 bits per heavy atom. The van der Waals surface area contributed by atoms with Crippen LogP contribution in [0.1, 0.15) is 23.5 Å². The van der Waals surface area contributed by atoms with Crippen molar-refractivity contribution in [3.05, 3.63) is 16.1 Å². The molecule has 2 fully saturated rings. The summed E-state index contributed by atoms with van der Waals surface area (Å²) in [6.07, 6.45) is 1.93. The largest absolute Gasteiger partial charge is 0.381 e. The fourth-order valence-corrected chi connectivity index (χ4v) is 3.65. The minimum atomic E-state index is 0.0951. The van der Waals surface area contributed by atoms with E-state index in [1.54, 1.807) is 11.3 Å². The predicted octanol–water partition coefficient (Wildman–Crippen LogP) is 1.52. The maximum Gasteiger partial charge on any atom is 0.228 e. The molecule has 0 aliphatic carbocycles. The van der Waals surface area contributed by atoms with Crippen LogP contribution in [0.3, 0.4) is 0 Å². The van der Waals surface area contributed by atoms with Gasteiger partial charge in [-0.3, -0.25) is 9.69 Å². The second-order valence-electron chi connectivity index (χ2n) is 5.87. The maximum absolute atomic E-state index is 12.4. The maximum atomic E-state index is 12.4. The first-order chi connectivity index (χ1) is 10.2. The fourth-order valence-electron chi connectivity index (χ4n) is 3.05. The Labute approximate surface area is 129 Å². The summed E-state index contributed by atoms with van der Waals surface area (Å²) in [5.41, 5.74) is 1.15. The van der Waals surface area contributed by atoms with E-state index in [1.165, 1.54) is 0 Å². The van der Waals surface area contributed by atoms with Crippen LogP contribution in [0.25, 0.3) is 0 Å². The summed E-state index contributed by atoms with van der Waals surface area (Å²) < 4.78 is 5.34. The zero-order valence-electron chi connectivity index (χ0n) is 12.6. The molecule has 3 heterocycles. The van der Waals surface area contributed by atoms with Crippen molar-refractivity contribution >= 4 is 17.2 Å². The van der Waals surface area contributed by atoms with Crippen molar-refractivity contribution in [2.75, 3.05) is 39.4 Å². The van der Waals surface area contributed by atoms with Crippen LogP contribution in [-0.2, 0) is 16.1 Å². The average molecular weight is 309 g/mol. The zero-order chi connectivity index (χ0) is 14.7. The molecule has 0 N–H and O–H groups in total. The molecule has 0 radical (unpaired) electrons. The van der Waals surface area contributed by atoms with E-state index in [-0.39, 0.29) is 5.92 Å². The molecule has 1 aromatic rings. The highest BCUT2D eigenvalue weighted by molar-refractivity contribution is 7.09. The van der Waals surface area contributed by atoms with Crippen molar-refractivity contribution in [3.63, 3.8) is 0 Å². The predicted molar refractivity (Wildman–Crippen MR) is 82.3 cm³/mol. The molecule has 0 unspecified atom stereocenters. The minimum Gasteiger partial charge on any atom is -0.381 e. The summed E-state index contributed by atoms with van der Waals surface area (Å²) in [5, 5.41) is 3.26. The number of amides is 1. The molecule has 2 saturated heterocycles. The lowest BCUT2D eigenvalue weighted by molar-refractivity contribution is -0.135. The van der Waals surface area contributed by atoms with E-state index in [4.69, 9.17) is 4.74 Å². The highest BCUT2D eigenvalue weighted by Gasteiger charge is 2.29. The molecule has 0 aromatic carbocycles. The van der Waals surface area contributed by atoms with Crippen molar-refractivity contribution < 1.29 is 9.53 Å². The highest BCUT2D eigenvalue weighted by atomic mass is 32.1. The van der Waals surface area contributed by atoms with Crippen LogP contribution in [0.5, 0.6) is 0 Å². The Bertz CT molecular complexity index is 485. The molecule has 3 rings (SSSR count). The Hall–Kier alpha value is -0.980. The van der Waals surface area contributed by atoms with E-state index < -0.39 is 0 Å². The zero-order valence-corrected chi connectivity index (χ0v) is 13.4. The standard InChI is InChI=1S/C15H23N3O2S/c1-12-16-14(11-21-12)9-17-4-2-5-18(7-6-17)15(19)13-3-8-20-10-13/h11,13H,2-10H2,1H3/t13-/m1/s1. The van der Waals surface area contributed by atoms with Crippen LogP contribution in [0.2, 0.25) is 0 Å². The van der Waals surface area contributed by atoms with Gasteiger partial charge in [-0.1, -0.05) is 0 Å². The Morgan fingerprint density at radius 2 is 2.33 bits per heavy atom. The first-order valence-electron chi connectivity index (χ1n) is 7.72. The third kappa shape index (κ3) is 3.81. The van der Waals surface area contributed by atoms with Crippen molar-refractivity contribution in [2.45, 2.75) is 26.3 Å². The molecule has 1 amide bonds. The van der Waals surface area contributed by atoms with Gasteiger partial charge in [-0.2, -0.15) is 0 Å². The van der Waals surface area contributed by atoms with E-state index in [9.17, 15) is 4.79 Å². The molecule has 0 bridgehead atoms. The van der Waals surface area contributed by atoms with Gasteiger partial charge in [-0.05, 0) is 19.8 Å². The summed E-state index contributed by atoms with van der Waals surface area (Å²) in [5.74, 6) is 0.386. The number of ether oxygens (including phenoxy) is 1. The number of aryl methyl sites for hydroxylation is 1. The average Bonchev–Trinajstić information content (AvgIpc) is 3.08. The van der Waals surface area contributed by atoms with Gasteiger partial charge in [-0.25, -0.2) is 4.98 Å². The molecule has 5 nitrogen and oxygen atoms in total. The molecule has 21 heavy (non-hydrogen) atoms. The van der Waals surface area contributed by atoms with Gasteiger partial charge in [0.05, 0.1) is 23.2 Å². The second kappa shape index (κ2) is 6.85. The van der Waals surface area contributed by atoms with E-state index >= 15 is 0 Å². The first kappa shape index (κ1) is 14.9. The van der Waals surface area contributed by atoms with Crippen LogP contribution in [0, 0.1) is 12.8 Å². The van der Waals surface area contributed by atoms with Gasteiger partial charge in [-0.15, -0.1) is 11.3 Å². The van der Waals surface area contributed by atoms with Crippen molar-refractivity contribution in [3.8, 4) is 0 Å². The Balaban J connectivity index is 1.52. The summed E-state index contributed by atoms with van der Waals surface area (Å²) in [6, 6.07) is 0. The second-order valence-corrected chi connectivity index (χ2v) is 6.94. The Kier molecular flexibility index (Phi) is 4.87. The molecular formula is C15H23N3O2S. The number of hydrogen-bond donors (Lipinski definition) is 0. The van der Waals surface area contributed by atoms with Crippen LogP contribution in [0.4, 0.5) is 0 Å². The fraction of sp³-hybridized carbons (Fsp3) is 0.733. The van der Waals surface area contributed by atoms with Crippen molar-refractivity contribution in [2.24, 2.45) is 5.92 Å². The van der Waals surface area contributed by atoms with Gasteiger partial charge in [0.25, 0.3) is 0 Å². The monoisotopic (exact) mass is 309 g/mol. The van der Waals surface area contributed by atoms with Gasteiger partial charge in [0, 0.05) is 44.7 Å². The normalized spacial score (nSPS) is 24.2. The number of carbonyl (C=O) groups excluding carboxylic acids is 1. The molecule has 0 saturated carbocycles. The molecule has 2 aliphatic heterocycles. The smallest absolute Gasteiger partial charge is 0.228 e. The van der Waals surface area contributed by atoms with Gasteiger partial charge >= 0.3 is 0 Å². The number of rotatable bonds is 3. The molecule has 2 aliphatic rings. The summed E-state index contributed by atoms with van der Waals surface area (Å²) in [6.45, 7) is 7.98. The van der Waals surface area contributed by atoms with Crippen molar-refractivity contribution in [1.82, 2.24) is 14.8 Å². The number of thiazole rings is 1. The van der Waals surface area contributed by atoms with Gasteiger partial charge in [0.1, 0.15) is 0 Å². The third-order valence-electron chi connectivity index (χ3n) is 4.23. The Morgan fingerprint density at radius 3 is 3.05 bits per heavy atom. The lowest BCUT2D eigenvalue weighted by atomic mass is 10.1. The number of hydrogen-bond acceptors (Lipinski definition) is 5. The number of carbonyl (C=O) groups is 1. The van der Waals surface area contributed by atoms with E-state index in [2.05, 4.69) is 15.3 Å². The van der Waals surface area contributed by atoms with Gasteiger partial charge < -0.3 is 9.64 Å². The quantitative estimate of drug-likeness (QED) is 0.849. The SMILES string of the molecule is Cc1nc(CN2CCCN(C(=O)[C@@H]3CCOC3)CC2)cs1. The summed E-state index contributed by atoms with van der Waals surface area (Å²) in [4.78, 5) is 21.4. The molecule has 116 valence electrons. The van der Waals surface area contributed by atoms with Gasteiger partial charge in [0.2, 0.25) is 5.91 Å². The van der Waals surface area contributed by atoms with Crippen LogP contribution >= 0.6 is 11.3 Å². The molecule has 0 spiro atoms. The third-order valence-corrected chi connectivity index (χ3v) is 5.05. The van der Waals surface area contributed by atoms with Gasteiger partial charge in [0.15, 0.2) is 0 Å². The van der Waals surface area contributed by atoms with Crippen LogP contribution in [0.15, 0.2) is 5.38 Å². The molecule has 1 atom stereocenters.